The molecule has 1 rings (SSSR count). The number of hydrogen-bond donors (Lipinski definition) is 2. The Hall–Kier alpha value is -1.60. The molecule has 7 heteroatoms. The van der Waals surface area contributed by atoms with Crippen LogP contribution < -0.4 is 9.86 Å². The van der Waals surface area contributed by atoms with E-state index in [0.29, 0.717) is 0 Å². The number of nitrogens with two attached hydrogens (primary N) is 1. The zero-order valence-corrected chi connectivity index (χ0v) is 10.3. The predicted molar refractivity (Wildman–Crippen MR) is 63.7 cm³/mol. The molecule has 0 heterocycles. The molecule has 0 fully saturated rings. The van der Waals surface area contributed by atoms with Crippen LogP contribution in [0.2, 0.25) is 0 Å². The summed E-state index contributed by atoms with van der Waals surface area (Å²) < 4.78 is 28.7. The van der Waals surface area contributed by atoms with E-state index in [1.807, 2.05) is 0 Å². The third-order valence-corrected chi connectivity index (χ3v) is 2.22. The first-order valence-electron chi connectivity index (χ1n) is 4.89. The number of carbonyl (C=O) groups is 1. The molecule has 0 bridgehead atoms. The summed E-state index contributed by atoms with van der Waals surface area (Å²) in [5, 5.41) is 4.82. The lowest BCUT2D eigenvalue weighted by molar-refractivity contribution is 0.0378. The van der Waals surface area contributed by atoms with Gasteiger partial charge in [0.2, 0.25) is 0 Å². The van der Waals surface area contributed by atoms with Gasteiger partial charge in [-0.15, -0.1) is 0 Å². The maximum Gasteiger partial charge on any atom is 0.338 e. The van der Waals surface area contributed by atoms with Gasteiger partial charge in [0.25, 0.3) is 10.2 Å². The lowest BCUT2D eigenvalue weighted by atomic mass is 10.2. The third-order valence-electron chi connectivity index (χ3n) is 1.70. The average Bonchev–Trinajstić information content (AvgIpc) is 2.14. The van der Waals surface area contributed by atoms with E-state index in [9.17, 15) is 13.2 Å². The van der Waals surface area contributed by atoms with Crippen LogP contribution in [0.25, 0.3) is 0 Å². The van der Waals surface area contributed by atoms with Gasteiger partial charge in [-0.05, 0) is 32.0 Å². The van der Waals surface area contributed by atoms with E-state index in [-0.39, 0.29) is 17.4 Å². The van der Waals surface area contributed by atoms with Crippen LogP contribution in [0, 0.1) is 0 Å². The molecule has 0 aliphatic carbocycles. The molecule has 0 amide bonds. The number of benzene rings is 1. The van der Waals surface area contributed by atoms with Gasteiger partial charge >= 0.3 is 5.97 Å². The van der Waals surface area contributed by atoms with E-state index >= 15 is 0 Å². The van der Waals surface area contributed by atoms with Crippen LogP contribution in [-0.4, -0.2) is 20.5 Å². The summed E-state index contributed by atoms with van der Waals surface area (Å²) in [6.07, 6.45) is -0.239. The minimum absolute atomic E-state index is 0.214. The zero-order chi connectivity index (χ0) is 13.1. The molecule has 0 saturated carbocycles. The molecule has 0 unspecified atom stereocenters. The SMILES string of the molecule is CC(C)OC(=O)c1cccc(NS(N)(=O)=O)c1. The normalized spacial score (nSPS) is 11.3. The minimum Gasteiger partial charge on any atom is -0.459 e. The van der Waals surface area contributed by atoms with Crippen molar-refractivity contribution in [1.82, 2.24) is 0 Å². The second-order valence-electron chi connectivity index (χ2n) is 3.68. The van der Waals surface area contributed by atoms with Gasteiger partial charge in [0, 0.05) is 0 Å². The Morgan fingerprint density at radius 3 is 2.59 bits per heavy atom. The summed E-state index contributed by atoms with van der Waals surface area (Å²) in [4.78, 5) is 11.5. The van der Waals surface area contributed by atoms with Gasteiger partial charge in [0.1, 0.15) is 0 Å². The molecule has 0 aliphatic rings. The van der Waals surface area contributed by atoms with Gasteiger partial charge < -0.3 is 4.74 Å². The maximum atomic E-state index is 11.5. The minimum atomic E-state index is -3.84. The fraction of sp³-hybridized carbons (Fsp3) is 0.300. The van der Waals surface area contributed by atoms with Crippen molar-refractivity contribution >= 4 is 21.9 Å². The number of hydrogen-bond acceptors (Lipinski definition) is 4. The highest BCUT2D eigenvalue weighted by molar-refractivity contribution is 7.90. The first kappa shape index (κ1) is 13.5. The summed E-state index contributed by atoms with van der Waals surface area (Å²) in [5.41, 5.74) is 0.470. The highest BCUT2D eigenvalue weighted by atomic mass is 32.2. The van der Waals surface area contributed by atoms with E-state index in [2.05, 4.69) is 4.72 Å². The second kappa shape index (κ2) is 5.15. The van der Waals surface area contributed by atoms with E-state index in [1.165, 1.54) is 24.3 Å². The molecule has 6 nitrogen and oxygen atoms in total. The Kier molecular flexibility index (Phi) is 4.08. The van der Waals surface area contributed by atoms with Crippen LogP contribution in [0.1, 0.15) is 24.2 Å². The molecule has 1 aromatic carbocycles. The lowest BCUT2D eigenvalue weighted by Gasteiger charge is -2.09. The molecule has 94 valence electrons. The fourth-order valence-electron chi connectivity index (χ4n) is 1.16. The highest BCUT2D eigenvalue weighted by Crippen LogP contribution is 2.13. The molecule has 0 spiro atoms. The largest absolute Gasteiger partial charge is 0.459 e. The Bertz CT molecular complexity index is 511. The Balaban J connectivity index is 2.90. The lowest BCUT2D eigenvalue weighted by Crippen LogP contribution is -2.22. The van der Waals surface area contributed by atoms with Crippen LogP contribution in [0.3, 0.4) is 0 Å². The molecule has 0 aliphatic heterocycles. The summed E-state index contributed by atoms with van der Waals surface area (Å²) in [6.45, 7) is 3.45. The van der Waals surface area contributed by atoms with Gasteiger partial charge in [-0.2, -0.15) is 8.42 Å². The van der Waals surface area contributed by atoms with Crippen molar-refractivity contribution < 1.29 is 17.9 Å². The van der Waals surface area contributed by atoms with Crippen LogP contribution >= 0.6 is 0 Å². The van der Waals surface area contributed by atoms with Crippen LogP contribution in [0.15, 0.2) is 24.3 Å². The number of rotatable bonds is 4. The van der Waals surface area contributed by atoms with Crippen molar-refractivity contribution in [3.63, 3.8) is 0 Å². The Morgan fingerprint density at radius 2 is 2.06 bits per heavy atom. The second-order valence-corrected chi connectivity index (χ2v) is 4.98. The van der Waals surface area contributed by atoms with Crippen molar-refractivity contribution in [3.8, 4) is 0 Å². The van der Waals surface area contributed by atoms with Crippen molar-refractivity contribution in [3.05, 3.63) is 29.8 Å². The summed E-state index contributed by atoms with van der Waals surface area (Å²) in [6, 6.07) is 5.90. The molecular weight excluding hydrogens is 244 g/mol. The van der Waals surface area contributed by atoms with Crippen LogP contribution in [0.4, 0.5) is 5.69 Å². The van der Waals surface area contributed by atoms with Crippen molar-refractivity contribution in [2.45, 2.75) is 20.0 Å². The highest BCUT2D eigenvalue weighted by Gasteiger charge is 2.10. The molecular formula is C10H14N2O4S. The Morgan fingerprint density at radius 1 is 1.41 bits per heavy atom. The number of ether oxygens (including phenoxy) is 1. The quantitative estimate of drug-likeness (QED) is 0.783. The molecule has 17 heavy (non-hydrogen) atoms. The van der Waals surface area contributed by atoms with Gasteiger partial charge in [0.05, 0.1) is 17.4 Å². The van der Waals surface area contributed by atoms with Gasteiger partial charge in [-0.1, -0.05) is 6.07 Å². The predicted octanol–water partition coefficient (Wildman–Crippen LogP) is 0.867. The molecule has 0 radical (unpaired) electrons. The fourth-order valence-corrected chi connectivity index (χ4v) is 1.61. The van der Waals surface area contributed by atoms with E-state index < -0.39 is 16.2 Å². The number of esters is 1. The van der Waals surface area contributed by atoms with Crippen molar-refractivity contribution in [1.29, 1.82) is 0 Å². The van der Waals surface area contributed by atoms with Gasteiger partial charge in [-0.25, -0.2) is 9.93 Å². The van der Waals surface area contributed by atoms with Gasteiger partial charge in [0.15, 0.2) is 0 Å². The first-order valence-corrected chi connectivity index (χ1v) is 6.44. The summed E-state index contributed by atoms with van der Waals surface area (Å²) in [5.74, 6) is -0.516. The Labute approximate surface area is 100.0 Å². The molecule has 1 aromatic rings. The van der Waals surface area contributed by atoms with E-state index in [4.69, 9.17) is 9.88 Å². The van der Waals surface area contributed by atoms with Crippen LogP contribution in [-0.2, 0) is 14.9 Å². The number of carbonyl (C=O) groups excluding carboxylic acids is 1. The van der Waals surface area contributed by atoms with E-state index in [0.717, 1.165) is 0 Å². The smallest absolute Gasteiger partial charge is 0.338 e. The molecule has 3 N–H and O–H groups in total. The van der Waals surface area contributed by atoms with E-state index in [1.54, 1.807) is 13.8 Å². The summed E-state index contributed by atoms with van der Waals surface area (Å²) >= 11 is 0. The molecule has 0 aromatic heterocycles. The van der Waals surface area contributed by atoms with Crippen molar-refractivity contribution in [2.24, 2.45) is 5.14 Å². The average molecular weight is 258 g/mol. The van der Waals surface area contributed by atoms with Crippen LogP contribution in [0.5, 0.6) is 0 Å². The monoisotopic (exact) mass is 258 g/mol. The van der Waals surface area contributed by atoms with Crippen molar-refractivity contribution in [2.75, 3.05) is 4.72 Å². The topological polar surface area (TPSA) is 98.5 Å². The molecule has 0 saturated heterocycles. The zero-order valence-electron chi connectivity index (χ0n) is 9.51. The standard InChI is InChI=1S/C10H14N2O4S/c1-7(2)16-10(13)8-4-3-5-9(6-8)12-17(11,14)15/h3-7,12H,1-2H3,(H2,11,14,15). The number of nitrogens with one attached hydrogen (secondary N) is 1. The first-order chi connectivity index (χ1) is 7.78. The summed E-state index contributed by atoms with van der Waals surface area (Å²) in [7, 11) is -3.84. The maximum absolute atomic E-state index is 11.5. The molecule has 0 atom stereocenters. The van der Waals surface area contributed by atoms with Gasteiger partial charge in [-0.3, -0.25) is 4.72 Å². The number of anilines is 1. The third kappa shape index (κ3) is 4.83.